The zero-order chi connectivity index (χ0) is 22.6. The van der Waals surface area contributed by atoms with Gasteiger partial charge in [-0.25, -0.2) is 10.9 Å². The lowest BCUT2D eigenvalue weighted by Crippen LogP contribution is -2.49. The molecule has 33 heavy (non-hydrogen) atoms. The molecular formula is C27H47N3O2S. The van der Waals surface area contributed by atoms with Crippen molar-refractivity contribution in [2.75, 3.05) is 12.4 Å². The molecule has 5 fully saturated rings. The average Bonchev–Trinajstić information content (AvgIpc) is 3.51. The van der Waals surface area contributed by atoms with Gasteiger partial charge in [-0.3, -0.25) is 9.69 Å². The smallest absolute Gasteiger partial charge is 0.145 e. The van der Waals surface area contributed by atoms with Crippen LogP contribution < -0.4 is 10.9 Å². The maximum absolute atomic E-state index is 12.9. The molecule has 0 aromatic carbocycles. The van der Waals surface area contributed by atoms with Crippen molar-refractivity contribution in [2.24, 2.45) is 23.7 Å². The Hall–Kier alpha value is -0.140. The summed E-state index contributed by atoms with van der Waals surface area (Å²) in [6.07, 6.45) is 20.0. The molecule has 0 aromatic heterocycles. The summed E-state index contributed by atoms with van der Waals surface area (Å²) in [4.78, 5) is 15.5. The Morgan fingerprint density at radius 3 is 2.36 bits per heavy atom. The second-order valence-electron chi connectivity index (χ2n) is 11.7. The number of hydrogen-bond donors (Lipinski definition) is 2. The fraction of sp³-hybridized carbons (Fsp3) is 0.963. The van der Waals surface area contributed by atoms with E-state index in [1.807, 2.05) is 11.8 Å². The average molecular weight is 478 g/mol. The summed E-state index contributed by atoms with van der Waals surface area (Å²) < 4.78 is 6.70. The zero-order valence-electron chi connectivity index (χ0n) is 20.8. The third-order valence-corrected chi connectivity index (χ3v) is 10.8. The van der Waals surface area contributed by atoms with E-state index in [-0.39, 0.29) is 11.7 Å². The first kappa shape index (κ1) is 24.5. The lowest BCUT2D eigenvalue weighted by atomic mass is 9.73. The fourth-order valence-electron chi connectivity index (χ4n) is 7.73. The van der Waals surface area contributed by atoms with E-state index >= 15 is 0 Å². The minimum absolute atomic E-state index is 0.180. The first-order valence-corrected chi connectivity index (χ1v) is 15.3. The number of thioether (sulfide) groups is 1. The van der Waals surface area contributed by atoms with Gasteiger partial charge in [0.15, 0.2) is 0 Å². The lowest BCUT2D eigenvalue weighted by molar-refractivity contribution is -0.121. The highest BCUT2D eigenvalue weighted by Gasteiger charge is 2.43. The summed E-state index contributed by atoms with van der Waals surface area (Å²) in [5.74, 6) is 3.99. The molecule has 5 aliphatic rings. The minimum atomic E-state index is 0.180. The summed E-state index contributed by atoms with van der Waals surface area (Å²) in [5, 5.41) is 0. The molecule has 188 valence electrons. The van der Waals surface area contributed by atoms with Gasteiger partial charge in [-0.05, 0) is 69.1 Å². The van der Waals surface area contributed by atoms with Crippen molar-refractivity contribution in [2.45, 2.75) is 127 Å². The van der Waals surface area contributed by atoms with Crippen LogP contribution in [0.2, 0.25) is 0 Å². The predicted molar refractivity (Wildman–Crippen MR) is 136 cm³/mol. The van der Waals surface area contributed by atoms with Gasteiger partial charge >= 0.3 is 0 Å². The van der Waals surface area contributed by atoms with E-state index in [1.54, 1.807) is 0 Å². The third kappa shape index (κ3) is 5.82. The highest BCUT2D eigenvalue weighted by atomic mass is 32.2. The largest absolute Gasteiger partial charge is 0.375 e. The Kier molecular flexibility index (Phi) is 8.73. The molecule has 0 radical (unpaired) electrons. The molecule has 1 aliphatic heterocycles. The van der Waals surface area contributed by atoms with E-state index in [2.05, 4.69) is 22.7 Å². The maximum Gasteiger partial charge on any atom is 0.145 e. The van der Waals surface area contributed by atoms with Crippen LogP contribution >= 0.6 is 11.8 Å². The Bertz CT molecular complexity index is 637. The molecule has 5 rings (SSSR count). The number of Topliss-reactive ketones (excluding diaryl/α,β-unsaturated/α-hetero) is 1. The Balaban J connectivity index is 1.18. The number of ketones is 1. The van der Waals surface area contributed by atoms with Crippen molar-refractivity contribution in [1.82, 2.24) is 15.8 Å². The second-order valence-corrected chi connectivity index (χ2v) is 12.8. The van der Waals surface area contributed by atoms with Gasteiger partial charge in [0.1, 0.15) is 11.3 Å². The molecule has 0 aromatic rings. The second kappa shape index (κ2) is 11.7. The summed E-state index contributed by atoms with van der Waals surface area (Å²) in [6, 6.07) is 0.600. The molecule has 6 unspecified atom stereocenters. The molecule has 4 saturated carbocycles. The third-order valence-electron chi connectivity index (χ3n) is 9.65. The molecule has 0 bridgehead atoms. The van der Waals surface area contributed by atoms with Gasteiger partial charge in [0.2, 0.25) is 0 Å². The van der Waals surface area contributed by atoms with Crippen molar-refractivity contribution >= 4 is 17.5 Å². The molecule has 0 amide bonds. The van der Waals surface area contributed by atoms with Crippen molar-refractivity contribution < 1.29 is 9.53 Å². The maximum atomic E-state index is 12.9. The van der Waals surface area contributed by atoms with Crippen molar-refractivity contribution in [3.8, 4) is 0 Å². The van der Waals surface area contributed by atoms with Crippen molar-refractivity contribution in [3.63, 3.8) is 0 Å². The quantitative estimate of drug-likeness (QED) is 0.485. The Morgan fingerprint density at radius 1 is 0.848 bits per heavy atom. The van der Waals surface area contributed by atoms with Crippen LogP contribution in [0.3, 0.4) is 0 Å². The van der Waals surface area contributed by atoms with Crippen LogP contribution in [0, 0.1) is 23.7 Å². The molecule has 4 aliphatic carbocycles. The van der Waals surface area contributed by atoms with Gasteiger partial charge in [0, 0.05) is 12.0 Å². The van der Waals surface area contributed by atoms with Gasteiger partial charge < -0.3 is 4.74 Å². The molecule has 1 saturated heterocycles. The van der Waals surface area contributed by atoms with E-state index in [0.717, 1.165) is 37.2 Å². The summed E-state index contributed by atoms with van der Waals surface area (Å²) in [7, 11) is 0. The SMILES string of the molecule is CC1CCC(OCC2NNC(SCC(=O)C3CCCCC3)N2C2CCCCC2)C2CCCC12. The van der Waals surface area contributed by atoms with E-state index in [1.165, 1.54) is 83.5 Å². The van der Waals surface area contributed by atoms with Crippen LogP contribution in [0.1, 0.15) is 103 Å². The van der Waals surface area contributed by atoms with Crippen LogP contribution in [0.15, 0.2) is 0 Å². The minimum Gasteiger partial charge on any atom is -0.375 e. The van der Waals surface area contributed by atoms with E-state index in [4.69, 9.17) is 4.74 Å². The Labute approximate surface area is 205 Å². The highest BCUT2D eigenvalue weighted by molar-refractivity contribution is 8.00. The number of nitrogens with zero attached hydrogens (tertiary/aromatic N) is 1. The molecule has 1 heterocycles. The molecule has 6 heteroatoms. The number of rotatable bonds is 8. The molecule has 6 atom stereocenters. The van der Waals surface area contributed by atoms with Crippen molar-refractivity contribution in [3.05, 3.63) is 0 Å². The van der Waals surface area contributed by atoms with E-state index < -0.39 is 0 Å². The van der Waals surface area contributed by atoms with Gasteiger partial charge in [0.05, 0.1) is 24.6 Å². The highest BCUT2D eigenvalue weighted by Crippen LogP contribution is 2.46. The van der Waals surface area contributed by atoms with E-state index in [9.17, 15) is 4.79 Å². The number of hydrazine groups is 1. The topological polar surface area (TPSA) is 53.6 Å². The predicted octanol–water partition coefficient (Wildman–Crippen LogP) is 5.45. The van der Waals surface area contributed by atoms with Gasteiger partial charge in [-0.15, -0.1) is 11.8 Å². The molecule has 5 nitrogen and oxygen atoms in total. The molecule has 2 N–H and O–H groups in total. The number of hydrogen-bond acceptors (Lipinski definition) is 6. The zero-order valence-corrected chi connectivity index (χ0v) is 21.6. The number of carbonyl (C=O) groups is 1. The first-order chi connectivity index (χ1) is 16.2. The first-order valence-electron chi connectivity index (χ1n) is 14.2. The molecule has 0 spiro atoms. The normalized spacial score (nSPS) is 39.1. The summed E-state index contributed by atoms with van der Waals surface area (Å²) >= 11 is 1.82. The van der Waals surface area contributed by atoms with Crippen molar-refractivity contribution in [1.29, 1.82) is 0 Å². The molecular weight excluding hydrogens is 430 g/mol. The van der Waals surface area contributed by atoms with Crippen LogP contribution in [0.4, 0.5) is 0 Å². The fourth-order valence-corrected chi connectivity index (χ4v) is 8.93. The van der Waals surface area contributed by atoms with Crippen LogP contribution in [-0.2, 0) is 9.53 Å². The number of fused-ring (bicyclic) bond motifs is 1. The lowest BCUT2D eigenvalue weighted by Gasteiger charge is -2.40. The van der Waals surface area contributed by atoms with Gasteiger partial charge in [0.25, 0.3) is 0 Å². The Morgan fingerprint density at radius 2 is 1.58 bits per heavy atom. The van der Waals surface area contributed by atoms with E-state index in [0.29, 0.717) is 29.6 Å². The van der Waals surface area contributed by atoms with Crippen LogP contribution in [0.25, 0.3) is 0 Å². The monoisotopic (exact) mass is 477 g/mol. The summed E-state index contributed by atoms with van der Waals surface area (Å²) in [6.45, 7) is 3.22. The number of ether oxygens (including phenoxy) is 1. The number of nitrogens with one attached hydrogen (secondary N) is 2. The van der Waals surface area contributed by atoms with Gasteiger partial charge in [-0.2, -0.15) is 0 Å². The standard InChI is InChI=1S/C27H47N3O2S/c1-19-15-16-25(23-14-8-13-22(19)23)32-17-26-28-29-27(30(26)21-11-6-3-7-12-21)33-18-24(31)20-9-4-2-5-10-20/h19-23,25-29H,2-18H2,1H3. The summed E-state index contributed by atoms with van der Waals surface area (Å²) in [5.41, 5.74) is 7.32. The van der Waals surface area contributed by atoms with Crippen LogP contribution in [-0.4, -0.2) is 46.9 Å². The van der Waals surface area contributed by atoms with Gasteiger partial charge in [-0.1, -0.05) is 51.9 Å². The number of carbonyl (C=O) groups excluding carboxylic acids is 1. The van der Waals surface area contributed by atoms with Crippen LogP contribution in [0.5, 0.6) is 0 Å².